The lowest BCUT2D eigenvalue weighted by Gasteiger charge is -2.15. The molecule has 0 saturated heterocycles. The molecule has 0 radical (unpaired) electrons. The molecule has 1 amide bonds. The zero-order chi connectivity index (χ0) is 12.3. The predicted molar refractivity (Wildman–Crippen MR) is 61.7 cm³/mol. The van der Waals surface area contributed by atoms with Crippen molar-refractivity contribution in [3.05, 3.63) is 30.6 Å². The number of nitrogens with zero attached hydrogens (tertiary/aromatic N) is 4. The van der Waals surface area contributed by atoms with Crippen LogP contribution in [0.3, 0.4) is 0 Å². The highest BCUT2D eigenvalue weighted by Crippen LogP contribution is 2.01. The molecule has 0 spiro atoms. The number of hydrogen-bond acceptors (Lipinski definition) is 4. The Morgan fingerprint density at radius 1 is 1.65 bits per heavy atom. The number of carbonyl (C=O) groups excluding carboxylic acids is 1. The Labute approximate surface area is 98.2 Å². The Balaban J connectivity index is 1.91. The molecule has 0 atom stereocenters. The van der Waals surface area contributed by atoms with Crippen LogP contribution in [0.5, 0.6) is 0 Å². The van der Waals surface area contributed by atoms with Crippen LogP contribution in [0, 0.1) is 0 Å². The van der Waals surface area contributed by atoms with Crippen molar-refractivity contribution in [2.75, 3.05) is 12.8 Å². The van der Waals surface area contributed by atoms with Gasteiger partial charge in [-0.1, -0.05) is 0 Å². The summed E-state index contributed by atoms with van der Waals surface area (Å²) in [6.07, 6.45) is 6.52. The fourth-order valence-corrected chi connectivity index (χ4v) is 1.42. The molecule has 0 aliphatic carbocycles. The van der Waals surface area contributed by atoms with E-state index in [-0.39, 0.29) is 12.5 Å². The van der Waals surface area contributed by atoms with Crippen molar-refractivity contribution in [1.29, 1.82) is 0 Å². The molecule has 0 aromatic carbocycles. The summed E-state index contributed by atoms with van der Waals surface area (Å²) in [7, 11) is 1.72. The molecule has 0 aliphatic rings. The minimum Gasteiger partial charge on any atom is -0.396 e. The van der Waals surface area contributed by atoms with Crippen molar-refractivity contribution in [2.24, 2.45) is 0 Å². The van der Waals surface area contributed by atoms with Crippen LogP contribution in [0.4, 0.5) is 5.69 Å². The van der Waals surface area contributed by atoms with Gasteiger partial charge in [0.25, 0.3) is 0 Å². The van der Waals surface area contributed by atoms with E-state index >= 15 is 0 Å². The molecular weight excluding hydrogens is 220 g/mol. The summed E-state index contributed by atoms with van der Waals surface area (Å²) < 4.78 is 1.51. The molecule has 2 aromatic heterocycles. The SMILES string of the molecule is CN(Cc1ncc[nH]1)C(=O)Cn1cc(N)cn1. The number of hydrogen-bond donors (Lipinski definition) is 2. The van der Waals surface area contributed by atoms with Crippen molar-refractivity contribution in [1.82, 2.24) is 24.6 Å². The van der Waals surface area contributed by atoms with Gasteiger partial charge in [0.05, 0.1) is 18.4 Å². The largest absolute Gasteiger partial charge is 0.396 e. The highest BCUT2D eigenvalue weighted by Gasteiger charge is 2.11. The van der Waals surface area contributed by atoms with Crippen LogP contribution in [-0.2, 0) is 17.9 Å². The standard InChI is InChI=1S/C10H14N6O/c1-15(6-9-12-2-3-13-9)10(17)7-16-5-8(11)4-14-16/h2-5H,6-7,11H2,1H3,(H,12,13). The van der Waals surface area contributed by atoms with Gasteiger partial charge in [-0.15, -0.1) is 0 Å². The lowest BCUT2D eigenvalue weighted by atomic mass is 10.4. The normalized spacial score (nSPS) is 10.4. The van der Waals surface area contributed by atoms with E-state index in [1.54, 1.807) is 30.5 Å². The van der Waals surface area contributed by atoms with Crippen molar-refractivity contribution in [2.45, 2.75) is 13.1 Å². The molecule has 7 heteroatoms. The number of nitrogens with two attached hydrogens (primary N) is 1. The van der Waals surface area contributed by atoms with Gasteiger partial charge in [0, 0.05) is 25.6 Å². The van der Waals surface area contributed by atoms with Crippen molar-refractivity contribution >= 4 is 11.6 Å². The first-order valence-electron chi connectivity index (χ1n) is 5.15. The quantitative estimate of drug-likeness (QED) is 0.769. The van der Waals surface area contributed by atoms with E-state index in [4.69, 9.17) is 5.73 Å². The number of amides is 1. The maximum absolute atomic E-state index is 11.8. The first-order chi connectivity index (χ1) is 8.15. The minimum atomic E-state index is -0.0514. The summed E-state index contributed by atoms with van der Waals surface area (Å²) >= 11 is 0. The molecule has 3 N–H and O–H groups in total. The Hall–Kier alpha value is -2.31. The van der Waals surface area contributed by atoms with Gasteiger partial charge in [0.15, 0.2) is 0 Å². The first-order valence-corrected chi connectivity index (χ1v) is 5.15. The first kappa shape index (κ1) is 11.2. The average Bonchev–Trinajstić information content (AvgIpc) is 2.90. The topological polar surface area (TPSA) is 92.8 Å². The van der Waals surface area contributed by atoms with Crippen molar-refractivity contribution < 1.29 is 4.79 Å². The Morgan fingerprint density at radius 2 is 2.47 bits per heavy atom. The van der Waals surface area contributed by atoms with Gasteiger partial charge < -0.3 is 15.6 Å². The van der Waals surface area contributed by atoms with Gasteiger partial charge in [0.2, 0.25) is 5.91 Å². The number of nitrogens with one attached hydrogen (secondary N) is 1. The van der Waals surface area contributed by atoms with Crippen LogP contribution in [0.25, 0.3) is 0 Å². The molecule has 17 heavy (non-hydrogen) atoms. The second kappa shape index (κ2) is 4.69. The third kappa shape index (κ3) is 2.83. The van der Waals surface area contributed by atoms with E-state index < -0.39 is 0 Å². The smallest absolute Gasteiger partial charge is 0.244 e. The molecule has 2 aromatic rings. The van der Waals surface area contributed by atoms with Crippen LogP contribution in [0.15, 0.2) is 24.8 Å². The number of aromatic amines is 1. The molecule has 7 nitrogen and oxygen atoms in total. The lowest BCUT2D eigenvalue weighted by Crippen LogP contribution is -2.30. The van der Waals surface area contributed by atoms with E-state index in [1.165, 1.54) is 10.9 Å². The van der Waals surface area contributed by atoms with Crippen LogP contribution in [0.2, 0.25) is 0 Å². The monoisotopic (exact) mass is 234 g/mol. The fourth-order valence-electron chi connectivity index (χ4n) is 1.42. The summed E-state index contributed by atoms with van der Waals surface area (Å²) in [6.45, 7) is 0.622. The van der Waals surface area contributed by atoms with E-state index in [0.717, 1.165) is 5.82 Å². The molecule has 90 valence electrons. The minimum absolute atomic E-state index is 0.0514. The van der Waals surface area contributed by atoms with Gasteiger partial charge in [-0.05, 0) is 0 Å². The number of H-pyrrole nitrogens is 1. The third-order valence-corrected chi connectivity index (χ3v) is 2.32. The van der Waals surface area contributed by atoms with E-state index in [2.05, 4.69) is 15.1 Å². The van der Waals surface area contributed by atoms with Gasteiger partial charge in [-0.3, -0.25) is 9.48 Å². The molecular formula is C10H14N6O. The van der Waals surface area contributed by atoms with Crippen LogP contribution in [-0.4, -0.2) is 37.6 Å². The molecule has 0 aliphatic heterocycles. The number of likely N-dealkylation sites (N-methyl/N-ethyl adjacent to an activating group) is 1. The Bertz CT molecular complexity index is 489. The highest BCUT2D eigenvalue weighted by atomic mass is 16.2. The Morgan fingerprint density at radius 3 is 3.06 bits per heavy atom. The van der Waals surface area contributed by atoms with Crippen LogP contribution < -0.4 is 5.73 Å². The van der Waals surface area contributed by atoms with Gasteiger partial charge in [-0.25, -0.2) is 4.98 Å². The Kier molecular flexibility index (Phi) is 3.08. The number of imidazole rings is 1. The zero-order valence-corrected chi connectivity index (χ0v) is 9.50. The average molecular weight is 234 g/mol. The number of carbonyl (C=O) groups is 1. The van der Waals surface area contributed by atoms with Gasteiger partial charge in [-0.2, -0.15) is 5.10 Å². The molecule has 2 heterocycles. The van der Waals surface area contributed by atoms with Gasteiger partial charge >= 0.3 is 0 Å². The summed E-state index contributed by atoms with van der Waals surface area (Å²) in [5.74, 6) is 0.699. The number of rotatable bonds is 4. The molecule has 0 unspecified atom stereocenters. The van der Waals surface area contributed by atoms with E-state index in [1.807, 2.05) is 0 Å². The second-order valence-electron chi connectivity index (χ2n) is 3.76. The zero-order valence-electron chi connectivity index (χ0n) is 9.50. The molecule has 0 fully saturated rings. The predicted octanol–water partition coefficient (Wildman–Crippen LogP) is -0.153. The third-order valence-electron chi connectivity index (χ3n) is 2.32. The summed E-state index contributed by atoms with van der Waals surface area (Å²) in [5.41, 5.74) is 6.06. The number of nitrogen functional groups attached to an aromatic ring is 1. The maximum atomic E-state index is 11.8. The van der Waals surface area contributed by atoms with E-state index in [9.17, 15) is 4.79 Å². The second-order valence-corrected chi connectivity index (χ2v) is 3.76. The van der Waals surface area contributed by atoms with Crippen LogP contribution in [0.1, 0.15) is 5.82 Å². The summed E-state index contributed by atoms with van der Waals surface area (Å²) in [6, 6.07) is 0. The summed E-state index contributed by atoms with van der Waals surface area (Å²) in [4.78, 5) is 20.4. The summed E-state index contributed by atoms with van der Waals surface area (Å²) in [5, 5.41) is 3.96. The molecule has 0 bridgehead atoms. The fraction of sp³-hybridized carbons (Fsp3) is 0.300. The van der Waals surface area contributed by atoms with Gasteiger partial charge in [0.1, 0.15) is 12.4 Å². The lowest BCUT2D eigenvalue weighted by molar-refractivity contribution is -0.131. The van der Waals surface area contributed by atoms with E-state index in [0.29, 0.717) is 12.2 Å². The number of anilines is 1. The van der Waals surface area contributed by atoms with Crippen molar-refractivity contribution in [3.8, 4) is 0 Å². The highest BCUT2D eigenvalue weighted by molar-refractivity contribution is 5.75. The molecule has 2 rings (SSSR count). The van der Waals surface area contributed by atoms with Crippen molar-refractivity contribution in [3.63, 3.8) is 0 Å². The van der Waals surface area contributed by atoms with Crippen LogP contribution >= 0.6 is 0 Å². The maximum Gasteiger partial charge on any atom is 0.244 e. The number of aromatic nitrogens is 4. The molecule has 0 saturated carbocycles.